The van der Waals surface area contributed by atoms with Crippen molar-refractivity contribution in [2.24, 2.45) is 21.1 Å². The van der Waals surface area contributed by atoms with E-state index in [0.29, 0.717) is 12.2 Å². The third-order valence-corrected chi connectivity index (χ3v) is 5.81. The van der Waals surface area contributed by atoms with Crippen LogP contribution in [-0.4, -0.2) is 90.9 Å². The van der Waals surface area contributed by atoms with Crippen LogP contribution in [0.2, 0.25) is 0 Å². The van der Waals surface area contributed by atoms with Gasteiger partial charge in [-0.2, -0.15) is 0 Å². The van der Waals surface area contributed by atoms with Gasteiger partial charge in [-0.3, -0.25) is 19.2 Å². The van der Waals surface area contributed by atoms with E-state index in [0.717, 1.165) is 19.2 Å². The zero-order chi connectivity index (χ0) is 30.3. The Bertz CT molecular complexity index is 1450. The molecule has 0 bridgehead atoms. The maximum Gasteiger partial charge on any atom is 0.382 e. The summed E-state index contributed by atoms with van der Waals surface area (Å²) >= 11 is 0. The van der Waals surface area contributed by atoms with E-state index in [9.17, 15) is 29.3 Å². The average molecular weight is 572 g/mol. The molecular weight excluding hydrogens is 538 g/mol. The number of aromatic nitrogens is 5. The van der Waals surface area contributed by atoms with Crippen LogP contribution in [-0.2, 0) is 25.9 Å². The molecule has 41 heavy (non-hydrogen) atoms. The lowest BCUT2D eigenvalue weighted by Gasteiger charge is -2.10. The molecule has 0 radical (unpaired) electrons. The molecule has 3 aromatic rings. The van der Waals surface area contributed by atoms with Gasteiger partial charge in [-0.05, 0) is 43.0 Å². The molecule has 3 aromatic heterocycles. The smallest absolute Gasteiger partial charge is 0.358 e. The van der Waals surface area contributed by atoms with E-state index in [1.54, 1.807) is 20.3 Å². The van der Waals surface area contributed by atoms with E-state index in [1.807, 2.05) is 19.0 Å². The van der Waals surface area contributed by atoms with Crippen LogP contribution in [0.4, 0.5) is 17.3 Å². The second kappa shape index (κ2) is 13.3. The number of hydrogen-bond acceptors (Lipinski definition) is 9. The van der Waals surface area contributed by atoms with Gasteiger partial charge in [0.2, 0.25) is 11.7 Å². The van der Waals surface area contributed by atoms with Gasteiger partial charge in [-0.1, -0.05) is 0 Å². The molecule has 0 aliphatic heterocycles. The quantitative estimate of drug-likeness (QED) is 0.125. The van der Waals surface area contributed by atoms with Gasteiger partial charge in [0.1, 0.15) is 11.9 Å². The maximum absolute atomic E-state index is 12.9. The third-order valence-electron chi connectivity index (χ3n) is 5.81. The van der Waals surface area contributed by atoms with E-state index >= 15 is 0 Å². The van der Waals surface area contributed by atoms with Gasteiger partial charge >= 0.3 is 17.5 Å². The van der Waals surface area contributed by atoms with Crippen molar-refractivity contribution in [3.8, 4) is 0 Å². The van der Waals surface area contributed by atoms with Crippen molar-refractivity contribution < 1.29 is 24.1 Å². The number of nitrogens with zero attached hydrogens (tertiary/aromatic N) is 7. The molecule has 4 amide bonds. The molecule has 17 nitrogen and oxygen atoms in total. The molecule has 17 heteroatoms. The summed E-state index contributed by atoms with van der Waals surface area (Å²) in [4.78, 5) is 70.0. The minimum absolute atomic E-state index is 0.0307. The molecule has 0 aliphatic carbocycles. The number of rotatable bonds is 13. The van der Waals surface area contributed by atoms with Gasteiger partial charge in [0, 0.05) is 53.0 Å². The zero-order valence-electron chi connectivity index (χ0n) is 23.4. The van der Waals surface area contributed by atoms with E-state index in [-0.39, 0.29) is 42.0 Å². The summed E-state index contributed by atoms with van der Waals surface area (Å²) in [5.41, 5.74) is 0.596. The molecule has 0 unspecified atom stereocenters. The Morgan fingerprint density at radius 3 is 2.20 bits per heavy atom. The lowest BCUT2D eigenvalue weighted by atomic mass is 10.3. The second-order valence-electron chi connectivity index (χ2n) is 9.50. The molecule has 3 heterocycles. The lowest BCUT2D eigenvalue weighted by Crippen LogP contribution is -2.32. The molecule has 3 rings (SSSR count). The topological polar surface area (TPSA) is 203 Å². The van der Waals surface area contributed by atoms with E-state index in [1.165, 1.54) is 33.0 Å². The summed E-state index contributed by atoms with van der Waals surface area (Å²) in [6, 6.07) is 1.48. The van der Waals surface area contributed by atoms with Gasteiger partial charge < -0.3 is 50.0 Å². The van der Waals surface area contributed by atoms with Crippen molar-refractivity contribution in [2.45, 2.75) is 12.8 Å². The Morgan fingerprint density at radius 2 is 1.54 bits per heavy atom. The number of hydrogen-bond donors (Lipinski definition) is 4. The maximum atomic E-state index is 12.9. The predicted octanol–water partition coefficient (Wildman–Crippen LogP) is 0.0927. The zero-order valence-corrected chi connectivity index (χ0v) is 23.4. The summed E-state index contributed by atoms with van der Waals surface area (Å²) < 4.78 is 4.12. The highest BCUT2D eigenvalue weighted by atomic mass is 16.6. The first kappa shape index (κ1) is 30.5. The van der Waals surface area contributed by atoms with Crippen molar-refractivity contribution in [1.82, 2.24) is 39.2 Å². The monoisotopic (exact) mass is 571 g/mol. The Morgan fingerprint density at radius 1 is 0.878 bits per heavy atom. The molecule has 0 saturated carbocycles. The molecule has 0 atom stereocenters. The number of anilines is 2. The first-order chi connectivity index (χ1) is 19.3. The molecule has 0 fully saturated rings. The molecule has 0 saturated heterocycles. The predicted molar refractivity (Wildman–Crippen MR) is 148 cm³/mol. The van der Waals surface area contributed by atoms with Crippen LogP contribution in [0.5, 0.6) is 0 Å². The van der Waals surface area contributed by atoms with Crippen LogP contribution in [0.3, 0.4) is 0 Å². The van der Waals surface area contributed by atoms with Crippen molar-refractivity contribution in [3.63, 3.8) is 0 Å². The molecule has 4 N–H and O–H groups in total. The summed E-state index contributed by atoms with van der Waals surface area (Å²) in [5, 5.41) is 21.5. The number of aryl methyl sites for hydroxylation is 3. The van der Waals surface area contributed by atoms with Crippen molar-refractivity contribution in [1.29, 1.82) is 0 Å². The summed E-state index contributed by atoms with van der Waals surface area (Å²) in [5.74, 6) is -2.62. The lowest BCUT2D eigenvalue weighted by molar-refractivity contribution is -0.389. The van der Waals surface area contributed by atoms with Gasteiger partial charge in [0.25, 0.3) is 11.8 Å². The number of nitrogens with one attached hydrogen (secondary N) is 4. The summed E-state index contributed by atoms with van der Waals surface area (Å²) in [6.45, 7) is 1.57. The van der Waals surface area contributed by atoms with Gasteiger partial charge in [-0.15, -0.1) is 0 Å². The van der Waals surface area contributed by atoms with Crippen LogP contribution < -0.4 is 21.3 Å². The normalized spacial score (nSPS) is 10.9. The molecule has 0 aliphatic rings. The Hall–Kier alpha value is -5.06. The summed E-state index contributed by atoms with van der Waals surface area (Å²) in [7, 11) is 8.54. The Kier molecular flexibility index (Phi) is 9.91. The minimum atomic E-state index is -0.744. The number of nitro groups is 1. The summed E-state index contributed by atoms with van der Waals surface area (Å²) in [6.07, 6.45) is 5.01. The van der Waals surface area contributed by atoms with Crippen LogP contribution in [0.15, 0.2) is 24.7 Å². The number of carbonyl (C=O) groups excluding carboxylic acids is 4. The third kappa shape index (κ3) is 8.21. The van der Waals surface area contributed by atoms with Crippen molar-refractivity contribution in [3.05, 3.63) is 52.1 Å². The fourth-order valence-corrected chi connectivity index (χ4v) is 3.80. The van der Waals surface area contributed by atoms with E-state index < -0.39 is 28.5 Å². The highest BCUT2D eigenvalue weighted by Crippen LogP contribution is 2.16. The molecule has 220 valence electrons. The Labute approximate surface area is 235 Å². The minimum Gasteiger partial charge on any atom is -0.358 e. The van der Waals surface area contributed by atoms with Crippen LogP contribution >= 0.6 is 0 Å². The van der Waals surface area contributed by atoms with Gasteiger partial charge in [0.05, 0.1) is 5.69 Å². The largest absolute Gasteiger partial charge is 0.382 e. The highest BCUT2D eigenvalue weighted by Gasteiger charge is 2.25. The van der Waals surface area contributed by atoms with Crippen LogP contribution in [0, 0.1) is 10.1 Å². The van der Waals surface area contributed by atoms with Crippen LogP contribution in [0.25, 0.3) is 0 Å². The number of imidazole rings is 2. The van der Waals surface area contributed by atoms with E-state index in [4.69, 9.17) is 0 Å². The van der Waals surface area contributed by atoms with Gasteiger partial charge in [0.15, 0.2) is 5.82 Å². The highest BCUT2D eigenvalue weighted by molar-refractivity contribution is 6.05. The molecule has 0 aromatic carbocycles. The van der Waals surface area contributed by atoms with Gasteiger partial charge in [-0.25, -0.2) is 4.98 Å². The number of amides is 4. The van der Waals surface area contributed by atoms with E-state index in [2.05, 4.69) is 31.2 Å². The fraction of sp³-hybridized carbons (Fsp3) is 0.417. The first-order valence-corrected chi connectivity index (χ1v) is 12.6. The average Bonchev–Trinajstić information content (AvgIpc) is 3.57. The van der Waals surface area contributed by atoms with Crippen LogP contribution in [0.1, 0.15) is 44.6 Å². The number of carbonyl (C=O) groups is 4. The fourth-order valence-electron chi connectivity index (χ4n) is 3.80. The second-order valence-corrected chi connectivity index (χ2v) is 9.50. The van der Waals surface area contributed by atoms with Crippen molar-refractivity contribution >= 4 is 41.0 Å². The SMILES string of the molecule is CN(C)CCCNC(=O)CCNC(=O)c1cc(NC(=O)c2nc(NC(=O)c3nc([N+](=O)[O-])cn3C)cn2C)cn1C. The first-order valence-electron chi connectivity index (χ1n) is 12.6. The Balaban J connectivity index is 1.54. The molecule has 0 spiro atoms. The molecular formula is C24H33N11O6. The van der Waals surface area contributed by atoms with Crippen molar-refractivity contribution in [2.75, 3.05) is 44.4 Å². The standard InChI is InChI=1S/C24H33N11O6/c1-31(2)10-6-8-25-19(36)7-9-26-22(37)16-11-15(12-32(16)3)27-23(38)20-28-17(13-33(20)4)29-24(39)21-30-18(35(40)41)14-34(21)5/h11-14H,6-10H2,1-5H3,(H,25,36)(H,26,37)(H,27,38)(H,29,39).